The van der Waals surface area contributed by atoms with Crippen molar-refractivity contribution in [1.29, 1.82) is 0 Å². The molecule has 1 atom stereocenters. The topological polar surface area (TPSA) is 54.9 Å². The lowest BCUT2D eigenvalue weighted by Gasteiger charge is -2.41. The van der Waals surface area contributed by atoms with Crippen LogP contribution in [0, 0.1) is 0 Å². The summed E-state index contributed by atoms with van der Waals surface area (Å²) in [5, 5.41) is 0. The van der Waals surface area contributed by atoms with Gasteiger partial charge in [-0.1, -0.05) is 0 Å². The molecule has 122 valence electrons. The zero-order valence-corrected chi connectivity index (χ0v) is 14.0. The number of carbonyl (C=O) groups is 1. The summed E-state index contributed by atoms with van der Waals surface area (Å²) in [4.78, 5) is 20.4. The molecule has 6 heteroatoms. The van der Waals surface area contributed by atoms with Gasteiger partial charge in [-0.25, -0.2) is 9.78 Å². The molecular weight excluding hydrogens is 282 g/mol. The van der Waals surface area contributed by atoms with Crippen LogP contribution >= 0.6 is 0 Å². The molecule has 1 amide bonds. The molecule has 0 N–H and O–H groups in total. The van der Waals surface area contributed by atoms with Crippen molar-refractivity contribution in [1.82, 2.24) is 9.88 Å². The number of aromatic nitrogens is 1. The van der Waals surface area contributed by atoms with Crippen LogP contribution in [0.25, 0.3) is 0 Å². The van der Waals surface area contributed by atoms with Gasteiger partial charge in [-0.05, 0) is 33.8 Å². The Labute approximate surface area is 132 Å². The fourth-order valence-electron chi connectivity index (χ4n) is 2.49. The van der Waals surface area contributed by atoms with Gasteiger partial charge < -0.3 is 19.3 Å². The van der Waals surface area contributed by atoms with E-state index < -0.39 is 5.60 Å². The van der Waals surface area contributed by atoms with Crippen LogP contribution in [0.3, 0.4) is 0 Å². The van der Waals surface area contributed by atoms with Crippen LogP contribution in [-0.2, 0) is 4.74 Å². The molecule has 2 heterocycles. The van der Waals surface area contributed by atoms with Crippen molar-refractivity contribution in [2.45, 2.75) is 39.3 Å². The number of methoxy groups -OCH3 is 1. The lowest BCUT2D eigenvalue weighted by atomic mass is 10.1. The molecule has 1 saturated heterocycles. The van der Waals surface area contributed by atoms with E-state index >= 15 is 0 Å². The van der Waals surface area contributed by atoms with Gasteiger partial charge in [0.1, 0.15) is 5.60 Å². The van der Waals surface area contributed by atoms with Gasteiger partial charge in [0.2, 0.25) is 5.88 Å². The van der Waals surface area contributed by atoms with Crippen LogP contribution in [0.1, 0.15) is 27.7 Å². The molecule has 0 unspecified atom stereocenters. The third-order valence-electron chi connectivity index (χ3n) is 3.55. The van der Waals surface area contributed by atoms with Gasteiger partial charge in [-0.15, -0.1) is 0 Å². The Morgan fingerprint density at radius 3 is 2.68 bits per heavy atom. The van der Waals surface area contributed by atoms with E-state index in [1.165, 1.54) is 0 Å². The number of carbonyl (C=O) groups excluding carboxylic acids is 1. The van der Waals surface area contributed by atoms with Crippen LogP contribution < -0.4 is 9.64 Å². The number of nitrogens with zero attached hydrogens (tertiary/aromatic N) is 3. The standard InChI is InChI=1S/C16H25N3O3/c1-12-11-18(13-6-7-17-14(10-13)21-5)8-9-19(12)15(20)22-16(2,3)4/h6-7,10,12H,8-9,11H2,1-5H3/t12-/m1/s1. The maximum Gasteiger partial charge on any atom is 0.410 e. The van der Waals surface area contributed by atoms with Crippen molar-refractivity contribution in [3.05, 3.63) is 18.3 Å². The second-order valence-electron chi connectivity index (χ2n) is 6.53. The normalized spacial score (nSPS) is 19.0. The Morgan fingerprint density at radius 2 is 2.09 bits per heavy atom. The van der Waals surface area contributed by atoms with Crippen molar-refractivity contribution in [2.24, 2.45) is 0 Å². The minimum Gasteiger partial charge on any atom is -0.481 e. The smallest absolute Gasteiger partial charge is 0.410 e. The van der Waals surface area contributed by atoms with Gasteiger partial charge >= 0.3 is 6.09 Å². The number of pyridine rings is 1. The van der Waals surface area contributed by atoms with Crippen LogP contribution in [-0.4, -0.2) is 54.4 Å². The Balaban J connectivity index is 2.01. The average Bonchev–Trinajstić information content (AvgIpc) is 2.45. The zero-order valence-electron chi connectivity index (χ0n) is 14.0. The van der Waals surface area contributed by atoms with E-state index in [1.807, 2.05) is 39.8 Å². The minimum atomic E-state index is -0.466. The van der Waals surface area contributed by atoms with Gasteiger partial charge in [0.15, 0.2) is 0 Å². The fraction of sp³-hybridized carbons (Fsp3) is 0.625. The van der Waals surface area contributed by atoms with E-state index in [1.54, 1.807) is 18.2 Å². The summed E-state index contributed by atoms with van der Waals surface area (Å²) < 4.78 is 10.6. The summed E-state index contributed by atoms with van der Waals surface area (Å²) in [5.41, 5.74) is 0.592. The van der Waals surface area contributed by atoms with E-state index in [0.717, 1.165) is 18.8 Å². The van der Waals surface area contributed by atoms with Crippen LogP contribution in [0.5, 0.6) is 5.88 Å². The second kappa shape index (κ2) is 6.42. The predicted octanol–water partition coefficient (Wildman–Crippen LogP) is 2.54. The highest BCUT2D eigenvalue weighted by Gasteiger charge is 2.30. The number of hydrogen-bond donors (Lipinski definition) is 0. The highest BCUT2D eigenvalue weighted by molar-refractivity contribution is 5.69. The van der Waals surface area contributed by atoms with Crippen molar-refractivity contribution < 1.29 is 14.3 Å². The van der Waals surface area contributed by atoms with Gasteiger partial charge in [-0.2, -0.15) is 0 Å². The number of ether oxygens (including phenoxy) is 2. The monoisotopic (exact) mass is 307 g/mol. The molecule has 1 aliphatic rings. The molecule has 1 aliphatic heterocycles. The van der Waals surface area contributed by atoms with Crippen LogP contribution in [0.4, 0.5) is 10.5 Å². The first-order chi connectivity index (χ1) is 10.3. The van der Waals surface area contributed by atoms with E-state index in [0.29, 0.717) is 12.4 Å². The zero-order chi connectivity index (χ0) is 16.3. The molecule has 2 rings (SSSR count). The maximum atomic E-state index is 12.2. The summed E-state index contributed by atoms with van der Waals surface area (Å²) in [6.07, 6.45) is 1.49. The summed E-state index contributed by atoms with van der Waals surface area (Å²) in [6.45, 7) is 9.84. The molecule has 0 aromatic carbocycles. The van der Waals surface area contributed by atoms with E-state index in [2.05, 4.69) is 9.88 Å². The first-order valence-corrected chi connectivity index (χ1v) is 7.55. The van der Waals surface area contributed by atoms with Crippen molar-refractivity contribution >= 4 is 11.8 Å². The molecule has 22 heavy (non-hydrogen) atoms. The SMILES string of the molecule is COc1cc(N2CCN(C(=O)OC(C)(C)C)[C@H](C)C2)ccn1. The summed E-state index contributed by atoms with van der Waals surface area (Å²) in [6, 6.07) is 3.96. The van der Waals surface area contributed by atoms with Crippen molar-refractivity contribution in [3.8, 4) is 5.88 Å². The molecule has 0 radical (unpaired) electrons. The Kier molecular flexibility index (Phi) is 4.78. The quantitative estimate of drug-likeness (QED) is 0.840. The van der Waals surface area contributed by atoms with Crippen molar-refractivity contribution in [2.75, 3.05) is 31.6 Å². The summed E-state index contributed by atoms with van der Waals surface area (Å²) >= 11 is 0. The Hall–Kier alpha value is -1.98. The Morgan fingerprint density at radius 1 is 1.36 bits per heavy atom. The minimum absolute atomic E-state index is 0.0859. The number of hydrogen-bond acceptors (Lipinski definition) is 5. The van der Waals surface area contributed by atoms with Gasteiger partial charge in [0, 0.05) is 43.6 Å². The molecule has 1 aromatic rings. The maximum absolute atomic E-state index is 12.2. The fourth-order valence-corrected chi connectivity index (χ4v) is 2.49. The van der Waals surface area contributed by atoms with Crippen LogP contribution in [0.15, 0.2) is 18.3 Å². The summed E-state index contributed by atoms with van der Waals surface area (Å²) in [5.74, 6) is 0.597. The van der Waals surface area contributed by atoms with E-state index in [4.69, 9.17) is 9.47 Å². The average molecular weight is 307 g/mol. The first kappa shape index (κ1) is 16.4. The molecule has 0 saturated carbocycles. The molecule has 0 bridgehead atoms. The first-order valence-electron chi connectivity index (χ1n) is 7.55. The molecule has 1 fully saturated rings. The number of amides is 1. The van der Waals surface area contributed by atoms with E-state index in [-0.39, 0.29) is 12.1 Å². The highest BCUT2D eigenvalue weighted by Crippen LogP contribution is 2.23. The third kappa shape index (κ3) is 4.02. The van der Waals surface area contributed by atoms with Gasteiger partial charge in [-0.3, -0.25) is 0 Å². The highest BCUT2D eigenvalue weighted by atomic mass is 16.6. The number of piperazine rings is 1. The third-order valence-corrected chi connectivity index (χ3v) is 3.55. The number of anilines is 1. The van der Waals surface area contributed by atoms with E-state index in [9.17, 15) is 4.79 Å². The summed E-state index contributed by atoms with van der Waals surface area (Å²) in [7, 11) is 1.61. The largest absolute Gasteiger partial charge is 0.481 e. The molecule has 6 nitrogen and oxygen atoms in total. The van der Waals surface area contributed by atoms with Crippen LogP contribution in [0.2, 0.25) is 0 Å². The second-order valence-corrected chi connectivity index (χ2v) is 6.53. The lowest BCUT2D eigenvalue weighted by molar-refractivity contribution is 0.0159. The molecule has 1 aromatic heterocycles. The molecular formula is C16H25N3O3. The Bertz CT molecular complexity index is 528. The molecule has 0 spiro atoms. The van der Waals surface area contributed by atoms with Gasteiger partial charge in [0.25, 0.3) is 0 Å². The number of rotatable bonds is 2. The lowest BCUT2D eigenvalue weighted by Crippen LogP contribution is -2.55. The van der Waals surface area contributed by atoms with Gasteiger partial charge in [0.05, 0.1) is 7.11 Å². The predicted molar refractivity (Wildman–Crippen MR) is 85.4 cm³/mol. The molecule has 0 aliphatic carbocycles. The van der Waals surface area contributed by atoms with Crippen molar-refractivity contribution in [3.63, 3.8) is 0 Å².